The number of hydrogen-bond donors (Lipinski definition) is 1. The van der Waals surface area contributed by atoms with Crippen molar-refractivity contribution in [1.82, 2.24) is 0 Å². The first-order valence-electron chi connectivity index (χ1n) is 9.87. The molecule has 1 N–H and O–H groups in total. The number of para-hydroxylation sites is 1. The Morgan fingerprint density at radius 1 is 0.750 bits per heavy atom. The molecule has 162 valence electrons. The van der Waals surface area contributed by atoms with Crippen molar-refractivity contribution in [2.45, 2.75) is 12.8 Å². The number of benzene rings is 3. The molecule has 0 aliphatic carbocycles. The summed E-state index contributed by atoms with van der Waals surface area (Å²) in [5.41, 5.74) is 1.38. The average Bonchev–Trinajstić information content (AvgIpc) is 2.82. The fourth-order valence-electron chi connectivity index (χ4n) is 2.94. The van der Waals surface area contributed by atoms with Crippen molar-refractivity contribution in [3.63, 3.8) is 0 Å². The number of halogens is 1. The molecule has 0 saturated heterocycles. The minimum Gasteiger partial charge on any atom is -0.456 e. The van der Waals surface area contributed by atoms with Gasteiger partial charge in [0.05, 0.1) is 12.1 Å². The predicted octanol–water partition coefficient (Wildman–Crippen LogP) is 4.20. The van der Waals surface area contributed by atoms with Gasteiger partial charge in [0.1, 0.15) is 5.82 Å². The second-order valence-corrected chi connectivity index (χ2v) is 6.88. The summed E-state index contributed by atoms with van der Waals surface area (Å²) in [5, 5.41) is 2.57. The van der Waals surface area contributed by atoms with Crippen LogP contribution in [0.5, 0.6) is 0 Å². The number of carbonyl (C=O) groups excluding carboxylic acids is 4. The van der Waals surface area contributed by atoms with Gasteiger partial charge in [-0.25, -0.2) is 4.39 Å². The zero-order valence-corrected chi connectivity index (χ0v) is 17.0. The SMILES string of the molecule is O=C(COC(=O)CCC(=O)c1ccc(F)cc1)Nc1ccccc1C(=O)c1ccccc1. The van der Waals surface area contributed by atoms with E-state index in [1.165, 1.54) is 12.1 Å². The molecule has 3 aromatic carbocycles. The maximum absolute atomic E-state index is 12.9. The second-order valence-electron chi connectivity index (χ2n) is 6.88. The highest BCUT2D eigenvalue weighted by molar-refractivity contribution is 6.13. The predicted molar refractivity (Wildman–Crippen MR) is 116 cm³/mol. The summed E-state index contributed by atoms with van der Waals surface area (Å²) in [4.78, 5) is 48.8. The largest absolute Gasteiger partial charge is 0.456 e. The summed E-state index contributed by atoms with van der Waals surface area (Å²) in [6.07, 6.45) is -0.340. The van der Waals surface area contributed by atoms with Gasteiger partial charge in [0, 0.05) is 23.1 Å². The molecule has 0 aliphatic heterocycles. The highest BCUT2D eigenvalue weighted by Gasteiger charge is 2.16. The second kappa shape index (κ2) is 10.8. The normalized spacial score (nSPS) is 10.3. The van der Waals surface area contributed by atoms with Gasteiger partial charge < -0.3 is 10.1 Å². The van der Waals surface area contributed by atoms with E-state index in [9.17, 15) is 23.6 Å². The number of carbonyl (C=O) groups is 4. The summed E-state index contributed by atoms with van der Waals surface area (Å²) in [5.74, 6) is -2.38. The van der Waals surface area contributed by atoms with Crippen LogP contribution in [0.1, 0.15) is 39.1 Å². The lowest BCUT2D eigenvalue weighted by Crippen LogP contribution is -2.22. The van der Waals surface area contributed by atoms with Crippen LogP contribution < -0.4 is 5.32 Å². The molecule has 0 unspecified atom stereocenters. The molecule has 0 aliphatic rings. The zero-order chi connectivity index (χ0) is 22.9. The third-order valence-electron chi connectivity index (χ3n) is 4.57. The van der Waals surface area contributed by atoms with Gasteiger partial charge in [-0.3, -0.25) is 19.2 Å². The third kappa shape index (κ3) is 6.18. The van der Waals surface area contributed by atoms with Crippen LogP contribution in [-0.2, 0) is 14.3 Å². The Kier molecular flexibility index (Phi) is 7.59. The molecule has 0 radical (unpaired) electrons. The molecule has 7 heteroatoms. The molecule has 0 heterocycles. The van der Waals surface area contributed by atoms with E-state index < -0.39 is 24.3 Å². The first kappa shape index (κ1) is 22.6. The summed E-state index contributed by atoms with van der Waals surface area (Å²) >= 11 is 0. The van der Waals surface area contributed by atoms with Crippen molar-refractivity contribution in [2.24, 2.45) is 0 Å². The minimum atomic E-state index is -0.718. The van der Waals surface area contributed by atoms with E-state index in [0.717, 1.165) is 12.1 Å². The van der Waals surface area contributed by atoms with Gasteiger partial charge in [-0.05, 0) is 36.4 Å². The molecule has 0 bridgehead atoms. The first-order chi connectivity index (χ1) is 15.4. The Morgan fingerprint density at radius 2 is 1.41 bits per heavy atom. The summed E-state index contributed by atoms with van der Waals surface area (Å²) in [6.45, 7) is -0.558. The number of Topliss-reactive ketones (excluding diaryl/α,β-unsaturated/α-hetero) is 1. The molecular formula is C25H20FNO5. The Hall–Kier alpha value is -4.13. The highest BCUT2D eigenvalue weighted by atomic mass is 19.1. The van der Waals surface area contributed by atoms with Gasteiger partial charge in [0.2, 0.25) is 0 Å². The van der Waals surface area contributed by atoms with E-state index in [2.05, 4.69) is 5.32 Å². The Bertz CT molecular complexity index is 1130. The van der Waals surface area contributed by atoms with Crippen molar-refractivity contribution in [3.05, 3.63) is 101 Å². The highest BCUT2D eigenvalue weighted by Crippen LogP contribution is 2.19. The van der Waals surface area contributed by atoms with E-state index in [0.29, 0.717) is 16.8 Å². The lowest BCUT2D eigenvalue weighted by molar-refractivity contribution is -0.147. The Balaban J connectivity index is 1.51. The van der Waals surface area contributed by atoms with E-state index in [-0.39, 0.29) is 30.0 Å². The number of hydrogen-bond acceptors (Lipinski definition) is 5. The molecule has 32 heavy (non-hydrogen) atoms. The molecular weight excluding hydrogens is 413 g/mol. The van der Waals surface area contributed by atoms with E-state index in [1.54, 1.807) is 54.6 Å². The number of anilines is 1. The minimum absolute atomic E-state index is 0.125. The average molecular weight is 433 g/mol. The van der Waals surface area contributed by atoms with Gasteiger partial charge >= 0.3 is 5.97 Å². The Morgan fingerprint density at radius 3 is 2.12 bits per heavy atom. The van der Waals surface area contributed by atoms with Crippen molar-refractivity contribution in [3.8, 4) is 0 Å². The van der Waals surface area contributed by atoms with Gasteiger partial charge in [-0.1, -0.05) is 42.5 Å². The molecule has 1 amide bonds. The van der Waals surface area contributed by atoms with Gasteiger partial charge in [0.15, 0.2) is 18.2 Å². The fourth-order valence-corrected chi connectivity index (χ4v) is 2.94. The van der Waals surface area contributed by atoms with Crippen molar-refractivity contribution >= 4 is 29.1 Å². The fraction of sp³-hybridized carbons (Fsp3) is 0.120. The number of rotatable bonds is 9. The maximum Gasteiger partial charge on any atom is 0.306 e. The summed E-state index contributed by atoms with van der Waals surface area (Å²) < 4.78 is 17.8. The molecule has 0 spiro atoms. The number of ketones is 2. The molecule has 0 aromatic heterocycles. The molecule has 0 atom stereocenters. The van der Waals surface area contributed by atoms with Crippen molar-refractivity contribution < 1.29 is 28.3 Å². The monoisotopic (exact) mass is 433 g/mol. The quantitative estimate of drug-likeness (QED) is 0.404. The summed E-state index contributed by atoms with van der Waals surface area (Å²) in [6, 6.07) is 20.2. The first-order valence-corrected chi connectivity index (χ1v) is 9.87. The van der Waals surface area contributed by atoms with E-state index in [4.69, 9.17) is 4.74 Å². The van der Waals surface area contributed by atoms with E-state index in [1.807, 2.05) is 0 Å². The standard InChI is InChI=1S/C25H20FNO5/c26-19-12-10-17(11-13-19)22(28)14-15-24(30)32-16-23(29)27-21-9-5-4-8-20(21)25(31)18-6-2-1-3-7-18/h1-13H,14-16H2,(H,27,29). The summed E-state index contributed by atoms with van der Waals surface area (Å²) in [7, 11) is 0. The van der Waals surface area contributed by atoms with Crippen LogP contribution in [0.4, 0.5) is 10.1 Å². The number of nitrogens with one attached hydrogen (secondary N) is 1. The van der Waals surface area contributed by atoms with Gasteiger partial charge in [0.25, 0.3) is 5.91 Å². The van der Waals surface area contributed by atoms with Crippen LogP contribution in [0, 0.1) is 5.82 Å². The zero-order valence-electron chi connectivity index (χ0n) is 17.0. The molecule has 3 rings (SSSR count). The van der Waals surface area contributed by atoms with Crippen molar-refractivity contribution in [1.29, 1.82) is 0 Å². The van der Waals surface area contributed by atoms with Crippen LogP contribution in [0.15, 0.2) is 78.9 Å². The van der Waals surface area contributed by atoms with Crippen LogP contribution >= 0.6 is 0 Å². The number of esters is 1. The van der Waals surface area contributed by atoms with Gasteiger partial charge in [-0.2, -0.15) is 0 Å². The Labute approximate surface area is 184 Å². The lowest BCUT2D eigenvalue weighted by Gasteiger charge is -2.11. The number of ether oxygens (including phenoxy) is 1. The topological polar surface area (TPSA) is 89.5 Å². The van der Waals surface area contributed by atoms with Crippen LogP contribution in [-0.4, -0.2) is 30.0 Å². The third-order valence-corrected chi connectivity index (χ3v) is 4.57. The maximum atomic E-state index is 12.9. The molecule has 0 fully saturated rings. The molecule has 0 saturated carbocycles. The number of amides is 1. The molecule has 3 aromatic rings. The molecule has 6 nitrogen and oxygen atoms in total. The van der Waals surface area contributed by atoms with Crippen LogP contribution in [0.25, 0.3) is 0 Å². The smallest absolute Gasteiger partial charge is 0.306 e. The van der Waals surface area contributed by atoms with Crippen molar-refractivity contribution in [2.75, 3.05) is 11.9 Å². The van der Waals surface area contributed by atoms with Crippen LogP contribution in [0.2, 0.25) is 0 Å². The lowest BCUT2D eigenvalue weighted by atomic mass is 10.0. The van der Waals surface area contributed by atoms with E-state index >= 15 is 0 Å². The van der Waals surface area contributed by atoms with Gasteiger partial charge in [-0.15, -0.1) is 0 Å². The van der Waals surface area contributed by atoms with Crippen LogP contribution in [0.3, 0.4) is 0 Å².